The molecule has 0 aromatic heterocycles. The summed E-state index contributed by atoms with van der Waals surface area (Å²) in [6.45, 7) is 11.4. The molecule has 1 N–H and O–H groups in total. The molecule has 0 spiro atoms. The standard InChI is InChI=1S/C15H32N4S/c1-5-18(6-2)12-14-8-10-19(13-14)15(16-3)17-9-7-11-20-4/h14H,5-13H2,1-4H3,(H,16,17). The summed E-state index contributed by atoms with van der Waals surface area (Å²) in [5.41, 5.74) is 0. The summed E-state index contributed by atoms with van der Waals surface area (Å²) in [7, 11) is 1.90. The minimum absolute atomic E-state index is 0.791. The summed E-state index contributed by atoms with van der Waals surface area (Å²) in [5.74, 6) is 3.10. The molecule has 0 radical (unpaired) electrons. The quantitative estimate of drug-likeness (QED) is 0.422. The highest BCUT2D eigenvalue weighted by Gasteiger charge is 2.25. The topological polar surface area (TPSA) is 30.9 Å². The van der Waals surface area contributed by atoms with Crippen molar-refractivity contribution in [2.75, 3.05) is 58.3 Å². The Hall–Kier alpha value is -0.420. The van der Waals surface area contributed by atoms with E-state index in [-0.39, 0.29) is 0 Å². The average molecular weight is 301 g/mol. The van der Waals surface area contributed by atoms with Crippen LogP contribution in [0.15, 0.2) is 4.99 Å². The highest BCUT2D eigenvalue weighted by molar-refractivity contribution is 7.98. The molecule has 118 valence electrons. The summed E-state index contributed by atoms with van der Waals surface area (Å²) < 4.78 is 0. The van der Waals surface area contributed by atoms with Gasteiger partial charge in [-0.15, -0.1) is 0 Å². The van der Waals surface area contributed by atoms with Crippen LogP contribution < -0.4 is 5.32 Å². The van der Waals surface area contributed by atoms with Crippen molar-refractivity contribution in [2.24, 2.45) is 10.9 Å². The van der Waals surface area contributed by atoms with E-state index in [0.29, 0.717) is 0 Å². The van der Waals surface area contributed by atoms with Gasteiger partial charge in [-0.3, -0.25) is 4.99 Å². The normalized spacial score (nSPS) is 19.9. The van der Waals surface area contributed by atoms with Gasteiger partial charge in [0.25, 0.3) is 0 Å². The largest absolute Gasteiger partial charge is 0.356 e. The Bertz CT molecular complexity index is 279. The molecule has 1 aliphatic rings. The van der Waals surface area contributed by atoms with Gasteiger partial charge in [0.1, 0.15) is 0 Å². The molecule has 0 saturated carbocycles. The van der Waals surface area contributed by atoms with Crippen molar-refractivity contribution in [1.29, 1.82) is 0 Å². The molecule has 0 aliphatic carbocycles. The molecule has 1 unspecified atom stereocenters. The van der Waals surface area contributed by atoms with Crippen LogP contribution in [0.2, 0.25) is 0 Å². The molecule has 0 bridgehead atoms. The summed E-state index contributed by atoms with van der Waals surface area (Å²) in [4.78, 5) is 9.39. The predicted octanol–water partition coefficient (Wildman–Crippen LogP) is 1.98. The van der Waals surface area contributed by atoms with Crippen molar-refractivity contribution < 1.29 is 0 Å². The zero-order valence-corrected chi connectivity index (χ0v) is 14.5. The average Bonchev–Trinajstić information content (AvgIpc) is 2.93. The van der Waals surface area contributed by atoms with Crippen molar-refractivity contribution in [3.63, 3.8) is 0 Å². The number of hydrogen-bond acceptors (Lipinski definition) is 3. The number of guanidine groups is 1. The molecule has 1 aliphatic heterocycles. The van der Waals surface area contributed by atoms with Gasteiger partial charge in [0, 0.05) is 33.2 Å². The Labute approximate surface area is 129 Å². The van der Waals surface area contributed by atoms with Gasteiger partial charge in [0.2, 0.25) is 0 Å². The van der Waals surface area contributed by atoms with Gasteiger partial charge in [0.15, 0.2) is 5.96 Å². The zero-order valence-electron chi connectivity index (χ0n) is 13.7. The fourth-order valence-electron chi connectivity index (χ4n) is 2.77. The summed E-state index contributed by atoms with van der Waals surface area (Å²) >= 11 is 1.91. The first-order chi connectivity index (χ1) is 9.74. The van der Waals surface area contributed by atoms with E-state index in [1.165, 1.54) is 25.1 Å². The van der Waals surface area contributed by atoms with Gasteiger partial charge in [-0.25, -0.2) is 0 Å². The van der Waals surface area contributed by atoms with Crippen molar-refractivity contribution in [2.45, 2.75) is 26.7 Å². The number of nitrogens with zero attached hydrogens (tertiary/aromatic N) is 3. The lowest BCUT2D eigenvalue weighted by atomic mass is 10.1. The van der Waals surface area contributed by atoms with E-state index in [1.807, 2.05) is 18.8 Å². The summed E-state index contributed by atoms with van der Waals surface area (Å²) in [6.07, 6.45) is 4.66. The monoisotopic (exact) mass is 300 g/mol. The van der Waals surface area contributed by atoms with E-state index in [2.05, 4.69) is 40.2 Å². The molecule has 1 rings (SSSR count). The van der Waals surface area contributed by atoms with Crippen molar-refractivity contribution in [1.82, 2.24) is 15.1 Å². The molecule has 4 nitrogen and oxygen atoms in total. The molecule has 1 saturated heterocycles. The highest BCUT2D eigenvalue weighted by Crippen LogP contribution is 2.17. The van der Waals surface area contributed by atoms with Crippen molar-refractivity contribution >= 4 is 17.7 Å². The van der Waals surface area contributed by atoms with Crippen LogP contribution in [-0.4, -0.2) is 74.1 Å². The number of likely N-dealkylation sites (tertiary alicyclic amines) is 1. The molecule has 0 aromatic rings. The van der Waals surface area contributed by atoms with E-state index in [9.17, 15) is 0 Å². The third-order valence-electron chi connectivity index (χ3n) is 4.02. The Morgan fingerprint density at radius 2 is 2.15 bits per heavy atom. The first-order valence-electron chi connectivity index (χ1n) is 7.92. The van der Waals surface area contributed by atoms with Gasteiger partial charge in [-0.2, -0.15) is 11.8 Å². The Morgan fingerprint density at radius 3 is 2.75 bits per heavy atom. The molecular formula is C15H32N4S. The second kappa shape index (κ2) is 10.3. The molecular weight excluding hydrogens is 268 g/mol. The van der Waals surface area contributed by atoms with E-state index in [1.54, 1.807) is 0 Å². The number of rotatable bonds is 8. The van der Waals surface area contributed by atoms with Crippen molar-refractivity contribution in [3.05, 3.63) is 0 Å². The Balaban J connectivity index is 2.33. The second-order valence-electron chi connectivity index (χ2n) is 5.41. The molecule has 20 heavy (non-hydrogen) atoms. The third kappa shape index (κ3) is 5.92. The first-order valence-corrected chi connectivity index (χ1v) is 9.31. The Morgan fingerprint density at radius 1 is 1.40 bits per heavy atom. The highest BCUT2D eigenvalue weighted by atomic mass is 32.2. The fraction of sp³-hybridized carbons (Fsp3) is 0.933. The molecule has 1 atom stereocenters. The summed E-state index contributed by atoms with van der Waals surface area (Å²) in [5, 5.41) is 3.50. The lowest BCUT2D eigenvalue weighted by molar-refractivity contribution is 0.255. The number of hydrogen-bond donors (Lipinski definition) is 1. The predicted molar refractivity (Wildman–Crippen MR) is 91.8 cm³/mol. The zero-order chi connectivity index (χ0) is 14.8. The van der Waals surface area contributed by atoms with Gasteiger partial charge < -0.3 is 15.1 Å². The maximum atomic E-state index is 4.43. The van der Waals surface area contributed by atoms with Gasteiger partial charge in [-0.1, -0.05) is 13.8 Å². The van der Waals surface area contributed by atoms with Crippen LogP contribution in [-0.2, 0) is 0 Å². The lowest BCUT2D eigenvalue weighted by Gasteiger charge is -2.24. The SMILES string of the molecule is CCN(CC)CC1CCN(C(=NC)NCCCSC)C1. The molecule has 5 heteroatoms. The van der Waals surface area contributed by atoms with Crippen LogP contribution >= 0.6 is 11.8 Å². The van der Waals surface area contributed by atoms with Crippen LogP contribution in [0.3, 0.4) is 0 Å². The minimum atomic E-state index is 0.791. The number of thioether (sulfide) groups is 1. The number of nitrogens with one attached hydrogen (secondary N) is 1. The van der Waals surface area contributed by atoms with Crippen LogP contribution in [0.25, 0.3) is 0 Å². The Kier molecular flexibility index (Phi) is 9.10. The van der Waals surface area contributed by atoms with E-state index in [4.69, 9.17) is 0 Å². The molecule has 1 heterocycles. The first kappa shape index (κ1) is 17.6. The fourth-order valence-corrected chi connectivity index (χ4v) is 3.20. The second-order valence-corrected chi connectivity index (χ2v) is 6.39. The van der Waals surface area contributed by atoms with Gasteiger partial charge in [0.05, 0.1) is 0 Å². The van der Waals surface area contributed by atoms with E-state index in [0.717, 1.165) is 44.6 Å². The molecule has 0 aromatic carbocycles. The number of aliphatic imine (C=N–C) groups is 1. The van der Waals surface area contributed by atoms with Crippen LogP contribution in [0.1, 0.15) is 26.7 Å². The van der Waals surface area contributed by atoms with Crippen molar-refractivity contribution in [3.8, 4) is 0 Å². The van der Waals surface area contributed by atoms with Crippen LogP contribution in [0.4, 0.5) is 0 Å². The maximum absolute atomic E-state index is 4.43. The van der Waals surface area contributed by atoms with Crippen LogP contribution in [0, 0.1) is 5.92 Å². The summed E-state index contributed by atoms with van der Waals surface area (Å²) in [6, 6.07) is 0. The smallest absolute Gasteiger partial charge is 0.193 e. The van der Waals surface area contributed by atoms with E-state index < -0.39 is 0 Å². The molecule has 0 amide bonds. The lowest BCUT2D eigenvalue weighted by Crippen LogP contribution is -2.41. The van der Waals surface area contributed by atoms with E-state index >= 15 is 0 Å². The van der Waals surface area contributed by atoms with Gasteiger partial charge in [-0.05, 0) is 43.9 Å². The maximum Gasteiger partial charge on any atom is 0.193 e. The molecule has 1 fully saturated rings. The minimum Gasteiger partial charge on any atom is -0.356 e. The third-order valence-corrected chi connectivity index (χ3v) is 4.71. The van der Waals surface area contributed by atoms with Crippen LogP contribution in [0.5, 0.6) is 0 Å². The van der Waals surface area contributed by atoms with Gasteiger partial charge >= 0.3 is 0 Å².